The number of fused-ring (bicyclic) bond motifs is 1. The van der Waals surface area contributed by atoms with Crippen molar-refractivity contribution >= 4 is 22.8 Å². The number of carboxylic acids is 1. The van der Waals surface area contributed by atoms with Gasteiger partial charge in [0.05, 0.1) is 30.0 Å². The van der Waals surface area contributed by atoms with Crippen LogP contribution in [0.25, 0.3) is 10.9 Å². The number of carboxylic acid groups (broad SMARTS) is 1. The number of aromatic nitrogens is 1. The minimum atomic E-state index is -1.06. The van der Waals surface area contributed by atoms with Gasteiger partial charge in [-0.3, -0.25) is 9.78 Å². The smallest absolute Gasteiger partial charge is 0.328 e. The lowest BCUT2D eigenvalue weighted by Gasteiger charge is -2.33. The van der Waals surface area contributed by atoms with Crippen LogP contribution in [0.15, 0.2) is 24.3 Å². The summed E-state index contributed by atoms with van der Waals surface area (Å²) < 4.78 is 5.19. The number of pyridine rings is 1. The maximum atomic E-state index is 12.8. The number of ether oxygens (including phenoxy) is 1. The maximum Gasteiger partial charge on any atom is 0.328 e. The van der Waals surface area contributed by atoms with Gasteiger partial charge in [-0.05, 0) is 32.0 Å². The Kier molecular flexibility index (Phi) is 4.00. The third-order valence-corrected chi connectivity index (χ3v) is 4.07. The molecule has 1 atom stereocenters. The molecule has 120 valence electrons. The SMILES string of the molecule is Cc1ccc2nc(C)c(C(=O)N3CCOCC3C(=O)O)cc2c1. The summed E-state index contributed by atoms with van der Waals surface area (Å²) in [5.74, 6) is -1.37. The number of amides is 1. The molecule has 2 aromatic rings. The molecule has 1 saturated heterocycles. The van der Waals surface area contributed by atoms with Crippen LogP contribution in [0.4, 0.5) is 0 Å². The van der Waals surface area contributed by atoms with Gasteiger partial charge in [-0.15, -0.1) is 0 Å². The molecular formula is C17H18N2O4. The predicted molar refractivity (Wildman–Crippen MR) is 84.5 cm³/mol. The number of rotatable bonds is 2. The second kappa shape index (κ2) is 5.96. The summed E-state index contributed by atoms with van der Waals surface area (Å²) in [6, 6.07) is 6.69. The lowest BCUT2D eigenvalue weighted by atomic mass is 10.1. The minimum absolute atomic E-state index is 0.0141. The molecule has 0 spiro atoms. The molecule has 1 aliphatic rings. The van der Waals surface area contributed by atoms with Crippen LogP contribution in [0.3, 0.4) is 0 Å². The zero-order valence-corrected chi connectivity index (χ0v) is 13.1. The highest BCUT2D eigenvalue weighted by Crippen LogP contribution is 2.21. The average molecular weight is 314 g/mol. The molecule has 1 aromatic heterocycles. The molecule has 1 aromatic carbocycles. The number of carbonyl (C=O) groups is 2. The first-order valence-electron chi connectivity index (χ1n) is 7.47. The highest BCUT2D eigenvalue weighted by atomic mass is 16.5. The van der Waals surface area contributed by atoms with Crippen molar-refractivity contribution in [1.29, 1.82) is 0 Å². The van der Waals surface area contributed by atoms with Gasteiger partial charge in [0.15, 0.2) is 6.04 Å². The number of nitrogens with zero attached hydrogens (tertiary/aromatic N) is 2. The van der Waals surface area contributed by atoms with Crippen molar-refractivity contribution < 1.29 is 19.4 Å². The summed E-state index contributed by atoms with van der Waals surface area (Å²) in [4.78, 5) is 30.0. The number of aryl methyl sites for hydroxylation is 2. The number of hydrogen-bond donors (Lipinski definition) is 1. The van der Waals surface area contributed by atoms with Gasteiger partial charge in [0, 0.05) is 11.9 Å². The summed E-state index contributed by atoms with van der Waals surface area (Å²) >= 11 is 0. The second-order valence-electron chi connectivity index (χ2n) is 5.74. The van der Waals surface area contributed by atoms with E-state index in [9.17, 15) is 14.7 Å². The van der Waals surface area contributed by atoms with Gasteiger partial charge in [-0.1, -0.05) is 11.6 Å². The highest BCUT2D eigenvalue weighted by Gasteiger charge is 2.34. The molecule has 0 bridgehead atoms. The van der Waals surface area contributed by atoms with E-state index in [1.165, 1.54) is 4.90 Å². The molecule has 1 unspecified atom stereocenters. The molecule has 6 nitrogen and oxygen atoms in total. The Bertz CT molecular complexity index is 788. The van der Waals surface area contributed by atoms with Gasteiger partial charge in [0.2, 0.25) is 0 Å². The van der Waals surface area contributed by atoms with E-state index in [-0.39, 0.29) is 19.1 Å². The van der Waals surface area contributed by atoms with Gasteiger partial charge < -0.3 is 14.7 Å². The van der Waals surface area contributed by atoms with E-state index in [1.54, 1.807) is 13.0 Å². The number of morpholine rings is 1. The fourth-order valence-corrected chi connectivity index (χ4v) is 2.81. The Morgan fingerprint density at radius 3 is 2.83 bits per heavy atom. The van der Waals surface area contributed by atoms with Crippen molar-refractivity contribution in [2.24, 2.45) is 0 Å². The number of benzene rings is 1. The van der Waals surface area contributed by atoms with Gasteiger partial charge in [0.25, 0.3) is 5.91 Å². The molecule has 1 aliphatic heterocycles. The van der Waals surface area contributed by atoms with Gasteiger partial charge in [0.1, 0.15) is 0 Å². The predicted octanol–water partition coefficient (Wildman–Crippen LogP) is 1.78. The topological polar surface area (TPSA) is 79.7 Å². The normalized spacial score (nSPS) is 18.2. The largest absolute Gasteiger partial charge is 0.480 e. The summed E-state index contributed by atoms with van der Waals surface area (Å²) in [5.41, 5.74) is 2.94. The highest BCUT2D eigenvalue weighted by molar-refractivity contribution is 6.00. The maximum absolute atomic E-state index is 12.8. The standard InChI is InChI=1S/C17H18N2O4/c1-10-3-4-14-12(7-10)8-13(11(2)18-14)16(20)19-5-6-23-9-15(19)17(21)22/h3-4,7-8,15H,5-6,9H2,1-2H3,(H,21,22). The molecule has 23 heavy (non-hydrogen) atoms. The Balaban J connectivity index is 2.02. The quantitative estimate of drug-likeness (QED) is 0.914. The Hall–Kier alpha value is -2.47. The minimum Gasteiger partial charge on any atom is -0.480 e. The number of hydrogen-bond acceptors (Lipinski definition) is 4. The fraction of sp³-hybridized carbons (Fsp3) is 0.353. The number of carbonyl (C=O) groups excluding carboxylic acids is 1. The zero-order valence-electron chi connectivity index (χ0n) is 13.1. The van der Waals surface area contributed by atoms with Crippen molar-refractivity contribution in [1.82, 2.24) is 9.88 Å². The molecular weight excluding hydrogens is 296 g/mol. The van der Waals surface area contributed by atoms with Crippen LogP contribution in [0.1, 0.15) is 21.6 Å². The Labute approximate surface area is 133 Å². The van der Waals surface area contributed by atoms with Crippen molar-refractivity contribution in [2.45, 2.75) is 19.9 Å². The monoisotopic (exact) mass is 314 g/mol. The lowest BCUT2D eigenvalue weighted by molar-refractivity contribution is -0.147. The van der Waals surface area contributed by atoms with Crippen LogP contribution in [0.2, 0.25) is 0 Å². The first kappa shape index (κ1) is 15.4. The van der Waals surface area contributed by atoms with Crippen molar-refractivity contribution in [3.05, 3.63) is 41.1 Å². The van der Waals surface area contributed by atoms with Crippen LogP contribution in [0.5, 0.6) is 0 Å². The third-order valence-electron chi connectivity index (χ3n) is 4.07. The summed E-state index contributed by atoms with van der Waals surface area (Å²) in [5, 5.41) is 10.2. The first-order valence-corrected chi connectivity index (χ1v) is 7.47. The van der Waals surface area contributed by atoms with E-state index in [2.05, 4.69) is 4.98 Å². The van der Waals surface area contributed by atoms with Crippen LogP contribution >= 0.6 is 0 Å². The molecule has 0 saturated carbocycles. The lowest BCUT2D eigenvalue weighted by Crippen LogP contribution is -2.52. The molecule has 1 N–H and O–H groups in total. The van der Waals surface area contributed by atoms with Gasteiger partial charge in [-0.25, -0.2) is 4.79 Å². The third kappa shape index (κ3) is 2.90. The molecule has 3 rings (SSSR count). The molecule has 0 radical (unpaired) electrons. The molecule has 0 aliphatic carbocycles. The van der Waals surface area contributed by atoms with Crippen molar-refractivity contribution in [3.63, 3.8) is 0 Å². The first-order chi connectivity index (χ1) is 11.0. The van der Waals surface area contributed by atoms with Crippen LogP contribution < -0.4 is 0 Å². The van der Waals surface area contributed by atoms with E-state index in [1.807, 2.05) is 25.1 Å². The average Bonchev–Trinajstić information content (AvgIpc) is 2.54. The number of aliphatic carboxylic acids is 1. The molecule has 1 amide bonds. The zero-order chi connectivity index (χ0) is 16.6. The van der Waals surface area contributed by atoms with E-state index >= 15 is 0 Å². The van der Waals surface area contributed by atoms with Crippen LogP contribution in [-0.4, -0.2) is 52.7 Å². The van der Waals surface area contributed by atoms with Crippen LogP contribution in [0, 0.1) is 13.8 Å². The fourth-order valence-electron chi connectivity index (χ4n) is 2.81. The Morgan fingerprint density at radius 2 is 2.09 bits per heavy atom. The summed E-state index contributed by atoms with van der Waals surface area (Å²) in [6.07, 6.45) is 0. The Morgan fingerprint density at radius 1 is 1.30 bits per heavy atom. The van der Waals surface area contributed by atoms with E-state index in [0.29, 0.717) is 17.9 Å². The molecule has 6 heteroatoms. The van der Waals surface area contributed by atoms with Crippen molar-refractivity contribution in [2.75, 3.05) is 19.8 Å². The van der Waals surface area contributed by atoms with E-state index in [0.717, 1.165) is 16.5 Å². The van der Waals surface area contributed by atoms with Gasteiger partial charge >= 0.3 is 5.97 Å². The molecule has 1 fully saturated rings. The summed E-state index contributed by atoms with van der Waals surface area (Å²) in [7, 11) is 0. The summed E-state index contributed by atoms with van der Waals surface area (Å²) in [6.45, 7) is 4.36. The molecule has 2 heterocycles. The van der Waals surface area contributed by atoms with Gasteiger partial charge in [-0.2, -0.15) is 0 Å². The second-order valence-corrected chi connectivity index (χ2v) is 5.74. The van der Waals surface area contributed by atoms with E-state index < -0.39 is 12.0 Å². The van der Waals surface area contributed by atoms with Crippen molar-refractivity contribution in [3.8, 4) is 0 Å². The van der Waals surface area contributed by atoms with E-state index in [4.69, 9.17) is 4.74 Å². The van der Waals surface area contributed by atoms with Crippen LogP contribution in [-0.2, 0) is 9.53 Å².